The van der Waals surface area contributed by atoms with Gasteiger partial charge in [0.15, 0.2) is 0 Å². The van der Waals surface area contributed by atoms with Crippen molar-refractivity contribution in [1.29, 1.82) is 0 Å². The zero-order valence-corrected chi connectivity index (χ0v) is 13.8. The van der Waals surface area contributed by atoms with Gasteiger partial charge in [0, 0.05) is 20.4 Å². The summed E-state index contributed by atoms with van der Waals surface area (Å²) in [5, 5.41) is 1.84. The van der Waals surface area contributed by atoms with E-state index in [9.17, 15) is 0 Å². The van der Waals surface area contributed by atoms with Gasteiger partial charge in [0.05, 0.1) is 5.02 Å². The van der Waals surface area contributed by atoms with Gasteiger partial charge in [0.1, 0.15) is 11.5 Å². The molecular weight excluding hydrogens is 403 g/mol. The van der Waals surface area contributed by atoms with Gasteiger partial charge in [0.2, 0.25) is 0 Å². The van der Waals surface area contributed by atoms with E-state index in [1.165, 1.54) is 0 Å². The van der Waals surface area contributed by atoms with Gasteiger partial charge in [-0.15, -0.1) is 0 Å². The lowest BCUT2D eigenvalue weighted by Gasteiger charge is -2.12. The molecular formula is C13H8Br2Cl2O. The predicted octanol–water partition coefficient (Wildman–Crippen LogP) is 6.44. The Hall–Kier alpha value is -0.220. The van der Waals surface area contributed by atoms with Crippen LogP contribution in [-0.4, -0.2) is 0 Å². The fourth-order valence-electron chi connectivity index (χ4n) is 1.44. The summed E-state index contributed by atoms with van der Waals surface area (Å²) in [5.41, 5.74) is 0.898. The van der Waals surface area contributed by atoms with Crippen LogP contribution in [0.25, 0.3) is 0 Å². The zero-order chi connectivity index (χ0) is 13.1. The molecule has 0 aliphatic carbocycles. The summed E-state index contributed by atoms with van der Waals surface area (Å²) in [4.78, 5) is 0. The van der Waals surface area contributed by atoms with Gasteiger partial charge in [-0.1, -0.05) is 61.1 Å². The molecule has 5 heteroatoms. The van der Waals surface area contributed by atoms with Crippen LogP contribution in [0.3, 0.4) is 0 Å². The minimum Gasteiger partial charge on any atom is -0.455 e. The van der Waals surface area contributed by atoms with Crippen LogP contribution in [0.5, 0.6) is 11.5 Å². The Morgan fingerprint density at radius 1 is 1.00 bits per heavy atom. The van der Waals surface area contributed by atoms with Crippen molar-refractivity contribution in [2.24, 2.45) is 0 Å². The van der Waals surface area contributed by atoms with Gasteiger partial charge in [-0.25, -0.2) is 0 Å². The predicted molar refractivity (Wildman–Crippen MR) is 83.3 cm³/mol. The highest BCUT2D eigenvalue weighted by Gasteiger charge is 2.10. The highest BCUT2D eigenvalue weighted by molar-refractivity contribution is 9.10. The van der Waals surface area contributed by atoms with Gasteiger partial charge in [-0.05, 0) is 30.3 Å². The fourth-order valence-corrected chi connectivity index (χ4v) is 2.91. The van der Waals surface area contributed by atoms with E-state index in [0.29, 0.717) is 26.9 Å². The van der Waals surface area contributed by atoms with Crippen LogP contribution in [0, 0.1) is 0 Å². The van der Waals surface area contributed by atoms with Crippen molar-refractivity contribution in [2.75, 3.05) is 0 Å². The van der Waals surface area contributed by atoms with Crippen molar-refractivity contribution in [3.8, 4) is 11.5 Å². The summed E-state index contributed by atoms with van der Waals surface area (Å²) >= 11 is 19.0. The third-order valence-electron chi connectivity index (χ3n) is 2.32. The Morgan fingerprint density at radius 2 is 1.78 bits per heavy atom. The van der Waals surface area contributed by atoms with E-state index in [0.717, 1.165) is 10.0 Å². The van der Waals surface area contributed by atoms with E-state index in [1.807, 2.05) is 30.3 Å². The average molecular weight is 411 g/mol. The molecule has 0 unspecified atom stereocenters. The molecule has 0 atom stereocenters. The van der Waals surface area contributed by atoms with Crippen LogP contribution < -0.4 is 4.74 Å². The lowest BCUT2D eigenvalue weighted by molar-refractivity contribution is 0.478. The number of ether oxygens (including phenoxy) is 1. The Labute approximate surface area is 132 Å². The molecule has 94 valence electrons. The number of benzene rings is 2. The first-order valence-corrected chi connectivity index (χ1v) is 7.75. The molecule has 0 amide bonds. The second-order valence-electron chi connectivity index (χ2n) is 3.53. The van der Waals surface area contributed by atoms with Gasteiger partial charge in [-0.2, -0.15) is 0 Å². The summed E-state index contributed by atoms with van der Waals surface area (Å²) in [6.07, 6.45) is 0. The van der Waals surface area contributed by atoms with E-state index in [4.69, 9.17) is 27.9 Å². The highest BCUT2D eigenvalue weighted by Crippen LogP contribution is 2.36. The molecule has 0 aliphatic heterocycles. The quantitative estimate of drug-likeness (QED) is 0.529. The maximum atomic E-state index is 6.11. The topological polar surface area (TPSA) is 9.23 Å². The third kappa shape index (κ3) is 3.21. The molecule has 0 aliphatic rings. The monoisotopic (exact) mass is 408 g/mol. The van der Waals surface area contributed by atoms with Gasteiger partial charge in [-0.3, -0.25) is 0 Å². The maximum absolute atomic E-state index is 6.11. The number of rotatable bonds is 3. The summed E-state index contributed by atoms with van der Waals surface area (Å²) in [5.74, 6) is 1.29. The number of hydrogen-bond donors (Lipinski definition) is 0. The zero-order valence-electron chi connectivity index (χ0n) is 9.09. The molecule has 1 nitrogen and oxygen atoms in total. The smallest absolute Gasteiger partial charge is 0.147 e. The van der Waals surface area contributed by atoms with Crippen LogP contribution in [0.1, 0.15) is 5.56 Å². The Morgan fingerprint density at radius 3 is 2.50 bits per heavy atom. The molecule has 0 saturated heterocycles. The molecule has 18 heavy (non-hydrogen) atoms. The van der Waals surface area contributed by atoms with E-state index in [2.05, 4.69) is 31.9 Å². The molecule has 0 N–H and O–H groups in total. The second-order valence-corrected chi connectivity index (χ2v) is 5.82. The number of alkyl halides is 1. The van der Waals surface area contributed by atoms with E-state index in [1.54, 1.807) is 6.07 Å². The molecule has 0 radical (unpaired) electrons. The SMILES string of the molecule is Clc1ccc(Br)cc1Oc1cccc(Cl)c1CBr. The molecule has 0 bridgehead atoms. The van der Waals surface area contributed by atoms with Crippen molar-refractivity contribution in [3.05, 3.63) is 56.5 Å². The minimum atomic E-state index is 0.554. The van der Waals surface area contributed by atoms with Gasteiger partial charge >= 0.3 is 0 Å². The molecule has 0 saturated carbocycles. The first-order valence-electron chi connectivity index (χ1n) is 5.08. The molecule has 0 fully saturated rings. The summed E-state index contributed by atoms with van der Waals surface area (Å²) in [6, 6.07) is 11.0. The van der Waals surface area contributed by atoms with Gasteiger partial charge in [0.25, 0.3) is 0 Å². The van der Waals surface area contributed by atoms with Gasteiger partial charge < -0.3 is 4.74 Å². The highest BCUT2D eigenvalue weighted by atomic mass is 79.9. The summed E-state index contributed by atoms with van der Waals surface area (Å²) < 4.78 is 6.72. The van der Waals surface area contributed by atoms with Crippen LogP contribution in [0.15, 0.2) is 40.9 Å². The Balaban J connectivity index is 2.40. The molecule has 2 aromatic rings. The fraction of sp³-hybridized carbons (Fsp3) is 0.0769. The van der Waals surface area contributed by atoms with Crippen molar-refractivity contribution in [2.45, 2.75) is 5.33 Å². The van der Waals surface area contributed by atoms with E-state index in [-0.39, 0.29) is 0 Å². The Kier molecular flexibility index (Phi) is 4.96. The normalized spacial score (nSPS) is 10.4. The first-order chi connectivity index (χ1) is 8.61. The lowest BCUT2D eigenvalue weighted by atomic mass is 10.2. The van der Waals surface area contributed by atoms with Crippen molar-refractivity contribution < 1.29 is 4.74 Å². The van der Waals surface area contributed by atoms with Crippen LogP contribution in [0.2, 0.25) is 10.0 Å². The first kappa shape index (κ1) is 14.2. The van der Waals surface area contributed by atoms with Crippen molar-refractivity contribution >= 4 is 55.1 Å². The summed E-state index contributed by atoms with van der Waals surface area (Å²) in [7, 11) is 0. The van der Waals surface area contributed by atoms with E-state index < -0.39 is 0 Å². The van der Waals surface area contributed by atoms with Crippen LogP contribution >= 0.6 is 55.1 Å². The third-order valence-corrected chi connectivity index (χ3v) is 4.04. The molecule has 0 heterocycles. The largest absolute Gasteiger partial charge is 0.455 e. The van der Waals surface area contributed by atoms with Crippen molar-refractivity contribution in [1.82, 2.24) is 0 Å². The van der Waals surface area contributed by atoms with Crippen molar-refractivity contribution in [3.63, 3.8) is 0 Å². The maximum Gasteiger partial charge on any atom is 0.147 e. The molecule has 0 aromatic heterocycles. The number of hydrogen-bond acceptors (Lipinski definition) is 1. The van der Waals surface area contributed by atoms with Crippen LogP contribution in [0.4, 0.5) is 0 Å². The molecule has 2 rings (SSSR count). The lowest BCUT2D eigenvalue weighted by Crippen LogP contribution is -1.91. The van der Waals surface area contributed by atoms with Crippen LogP contribution in [-0.2, 0) is 5.33 Å². The molecule has 0 spiro atoms. The molecule has 2 aromatic carbocycles. The van der Waals surface area contributed by atoms with E-state index >= 15 is 0 Å². The standard InChI is InChI=1S/C13H8Br2Cl2O/c14-7-9-10(16)2-1-3-12(9)18-13-6-8(15)4-5-11(13)17/h1-6H,7H2. The minimum absolute atomic E-state index is 0.554. The number of halogens is 4. The second kappa shape index (κ2) is 6.29. The Bertz CT molecular complexity index is 573. The summed E-state index contributed by atoms with van der Waals surface area (Å²) in [6.45, 7) is 0. The average Bonchev–Trinajstić information content (AvgIpc) is 2.34.